The van der Waals surface area contributed by atoms with Crippen LogP contribution in [0, 0.1) is 22.9 Å². The van der Waals surface area contributed by atoms with Crippen molar-refractivity contribution in [1.82, 2.24) is 4.90 Å². The van der Waals surface area contributed by atoms with Crippen LogP contribution in [0.4, 0.5) is 21.5 Å². The maximum atomic E-state index is 14.2. The fourth-order valence-corrected chi connectivity index (χ4v) is 3.62. The average molecular weight is 428 g/mol. The summed E-state index contributed by atoms with van der Waals surface area (Å²) >= 11 is 0. The summed E-state index contributed by atoms with van der Waals surface area (Å²) in [5.41, 5.74) is 0.477. The molecule has 0 bridgehead atoms. The molecule has 164 valence electrons. The summed E-state index contributed by atoms with van der Waals surface area (Å²) in [5, 5.41) is 16.2. The predicted octanol–water partition coefficient (Wildman–Crippen LogP) is 4.11. The first-order valence-corrected chi connectivity index (χ1v) is 10.1. The number of hydrogen-bond acceptors (Lipinski definition) is 5. The van der Waals surface area contributed by atoms with Crippen LogP contribution < -0.4 is 10.6 Å². The number of rotatable bonds is 6. The van der Waals surface area contributed by atoms with Crippen molar-refractivity contribution in [2.75, 3.05) is 23.7 Å². The Morgan fingerprint density at radius 3 is 2.68 bits per heavy atom. The molecule has 9 heteroatoms. The molecule has 0 radical (unpaired) electrons. The summed E-state index contributed by atoms with van der Waals surface area (Å²) in [7, 11) is 0. The Labute approximate surface area is 179 Å². The monoisotopic (exact) mass is 428 g/mol. The molecule has 2 amide bonds. The van der Waals surface area contributed by atoms with Crippen LogP contribution in [0.5, 0.6) is 0 Å². The van der Waals surface area contributed by atoms with E-state index in [0.29, 0.717) is 17.3 Å². The van der Waals surface area contributed by atoms with Gasteiger partial charge in [-0.2, -0.15) is 0 Å². The average Bonchev–Trinajstić information content (AvgIpc) is 2.72. The third-order valence-electron chi connectivity index (χ3n) is 5.45. The van der Waals surface area contributed by atoms with Gasteiger partial charge in [-0.1, -0.05) is 12.5 Å². The van der Waals surface area contributed by atoms with E-state index in [4.69, 9.17) is 0 Å². The number of carbonyl (C=O) groups excluding carboxylic acids is 2. The number of benzene rings is 2. The summed E-state index contributed by atoms with van der Waals surface area (Å²) < 4.78 is 14.2. The first kappa shape index (κ1) is 22.4. The molecule has 1 aliphatic heterocycles. The molecule has 0 unspecified atom stereocenters. The summed E-state index contributed by atoms with van der Waals surface area (Å²) in [6, 6.07) is 8.26. The van der Waals surface area contributed by atoms with E-state index < -0.39 is 16.6 Å². The van der Waals surface area contributed by atoms with Gasteiger partial charge >= 0.3 is 0 Å². The standard InChI is InChI=1S/C22H25FN4O4/c1-14-6-7-16(11-20(14)27(30)31)22(29)25-19-12-17(8-9-18(19)23)24-21(28)13-26-10-4-3-5-15(26)2/h6-9,11-12,15H,3-5,10,13H2,1-2H3,(H,24,28)(H,25,29)/t15-/m0/s1. The highest BCUT2D eigenvalue weighted by Crippen LogP contribution is 2.23. The molecule has 2 aromatic rings. The van der Waals surface area contributed by atoms with E-state index in [1.807, 2.05) is 0 Å². The highest BCUT2D eigenvalue weighted by Gasteiger charge is 2.21. The number of hydrogen-bond donors (Lipinski definition) is 2. The number of likely N-dealkylation sites (tertiary alicyclic amines) is 1. The number of amides is 2. The van der Waals surface area contributed by atoms with Crippen molar-refractivity contribution >= 4 is 28.9 Å². The molecule has 0 saturated carbocycles. The molecule has 3 rings (SSSR count). The first-order chi connectivity index (χ1) is 14.7. The van der Waals surface area contributed by atoms with E-state index in [2.05, 4.69) is 22.5 Å². The van der Waals surface area contributed by atoms with Gasteiger partial charge in [0, 0.05) is 28.9 Å². The van der Waals surface area contributed by atoms with Crippen molar-refractivity contribution in [3.63, 3.8) is 0 Å². The fourth-order valence-electron chi connectivity index (χ4n) is 3.62. The van der Waals surface area contributed by atoms with Crippen LogP contribution in [0.1, 0.15) is 42.1 Å². The summed E-state index contributed by atoms with van der Waals surface area (Å²) in [4.78, 5) is 37.5. The number of nitro groups is 1. The van der Waals surface area contributed by atoms with E-state index in [-0.39, 0.29) is 29.4 Å². The Bertz CT molecular complexity index is 1010. The lowest BCUT2D eigenvalue weighted by Gasteiger charge is -2.32. The maximum Gasteiger partial charge on any atom is 0.273 e. The van der Waals surface area contributed by atoms with E-state index in [1.54, 1.807) is 6.92 Å². The molecule has 2 aromatic carbocycles. The number of nitrogens with zero attached hydrogens (tertiary/aromatic N) is 2. The number of anilines is 2. The topological polar surface area (TPSA) is 105 Å². The number of nitrogens with one attached hydrogen (secondary N) is 2. The third-order valence-corrected chi connectivity index (χ3v) is 5.45. The van der Waals surface area contributed by atoms with Crippen LogP contribution in [0.25, 0.3) is 0 Å². The summed E-state index contributed by atoms with van der Waals surface area (Å²) in [6.45, 7) is 4.76. The molecule has 31 heavy (non-hydrogen) atoms. The molecular weight excluding hydrogens is 403 g/mol. The molecule has 1 atom stereocenters. The number of aryl methyl sites for hydroxylation is 1. The lowest BCUT2D eigenvalue weighted by molar-refractivity contribution is -0.385. The SMILES string of the molecule is Cc1ccc(C(=O)Nc2cc(NC(=O)CN3CCCC[C@@H]3C)ccc2F)cc1[N+](=O)[O-]. The second kappa shape index (κ2) is 9.65. The molecule has 1 fully saturated rings. The fraction of sp³-hybridized carbons (Fsp3) is 0.364. The van der Waals surface area contributed by atoms with Gasteiger partial charge in [0.15, 0.2) is 0 Å². The lowest BCUT2D eigenvalue weighted by Crippen LogP contribution is -2.42. The molecule has 0 spiro atoms. The van der Waals surface area contributed by atoms with Crippen molar-refractivity contribution in [3.05, 3.63) is 63.5 Å². The first-order valence-electron chi connectivity index (χ1n) is 10.1. The van der Waals surface area contributed by atoms with Gasteiger partial charge in [-0.3, -0.25) is 24.6 Å². The Morgan fingerprint density at radius 1 is 1.19 bits per heavy atom. The Morgan fingerprint density at radius 2 is 1.97 bits per heavy atom. The van der Waals surface area contributed by atoms with Crippen LogP contribution in [-0.2, 0) is 4.79 Å². The van der Waals surface area contributed by atoms with E-state index in [9.17, 15) is 24.1 Å². The molecular formula is C22H25FN4O4. The number of carbonyl (C=O) groups is 2. The zero-order valence-electron chi connectivity index (χ0n) is 17.5. The van der Waals surface area contributed by atoms with Crippen LogP contribution in [-0.4, -0.2) is 40.8 Å². The van der Waals surface area contributed by atoms with Crippen LogP contribution in [0.2, 0.25) is 0 Å². The van der Waals surface area contributed by atoms with Gasteiger partial charge in [-0.15, -0.1) is 0 Å². The minimum atomic E-state index is -0.687. The minimum Gasteiger partial charge on any atom is -0.325 e. The summed E-state index contributed by atoms with van der Waals surface area (Å²) in [5.74, 6) is -1.59. The molecule has 1 heterocycles. The van der Waals surface area contributed by atoms with Gasteiger partial charge < -0.3 is 10.6 Å². The van der Waals surface area contributed by atoms with Crippen molar-refractivity contribution < 1.29 is 18.9 Å². The molecule has 8 nitrogen and oxygen atoms in total. The molecule has 0 aromatic heterocycles. The van der Waals surface area contributed by atoms with Crippen LogP contribution in [0.3, 0.4) is 0 Å². The van der Waals surface area contributed by atoms with Gasteiger partial charge in [0.2, 0.25) is 5.91 Å². The zero-order chi connectivity index (χ0) is 22.5. The highest BCUT2D eigenvalue weighted by molar-refractivity contribution is 6.05. The maximum absolute atomic E-state index is 14.2. The Balaban J connectivity index is 1.69. The predicted molar refractivity (Wildman–Crippen MR) is 116 cm³/mol. The van der Waals surface area contributed by atoms with Gasteiger partial charge in [-0.05, 0) is 57.5 Å². The second-order valence-electron chi connectivity index (χ2n) is 7.77. The molecule has 2 N–H and O–H groups in total. The number of nitro benzene ring substituents is 1. The van der Waals surface area contributed by atoms with Gasteiger partial charge in [0.1, 0.15) is 5.82 Å². The minimum absolute atomic E-state index is 0.0326. The van der Waals surface area contributed by atoms with E-state index >= 15 is 0 Å². The van der Waals surface area contributed by atoms with Crippen molar-refractivity contribution in [2.45, 2.75) is 39.2 Å². The van der Waals surface area contributed by atoms with Crippen LogP contribution in [0.15, 0.2) is 36.4 Å². The highest BCUT2D eigenvalue weighted by atomic mass is 19.1. The zero-order valence-corrected chi connectivity index (χ0v) is 17.5. The van der Waals surface area contributed by atoms with E-state index in [0.717, 1.165) is 37.9 Å². The van der Waals surface area contributed by atoms with Gasteiger partial charge in [0.25, 0.3) is 11.6 Å². The van der Waals surface area contributed by atoms with Crippen molar-refractivity contribution in [2.24, 2.45) is 0 Å². The van der Waals surface area contributed by atoms with Crippen molar-refractivity contribution in [3.8, 4) is 0 Å². The van der Waals surface area contributed by atoms with Crippen molar-refractivity contribution in [1.29, 1.82) is 0 Å². The third kappa shape index (κ3) is 5.64. The smallest absolute Gasteiger partial charge is 0.273 e. The molecule has 0 aliphatic carbocycles. The number of piperidine rings is 1. The normalized spacial score (nSPS) is 16.5. The Kier molecular flexibility index (Phi) is 6.96. The molecule has 1 aliphatic rings. The second-order valence-corrected chi connectivity index (χ2v) is 7.77. The summed E-state index contributed by atoms with van der Waals surface area (Å²) in [6.07, 6.45) is 3.27. The Hall–Kier alpha value is -3.33. The van der Waals surface area contributed by atoms with Gasteiger partial charge in [-0.25, -0.2) is 4.39 Å². The quantitative estimate of drug-likeness (QED) is 0.532. The van der Waals surface area contributed by atoms with E-state index in [1.165, 1.54) is 24.3 Å². The number of halogens is 1. The van der Waals surface area contributed by atoms with Gasteiger partial charge in [0.05, 0.1) is 17.2 Å². The largest absolute Gasteiger partial charge is 0.325 e. The lowest BCUT2D eigenvalue weighted by atomic mass is 10.0. The molecule has 1 saturated heterocycles. The van der Waals surface area contributed by atoms with Crippen LogP contribution >= 0.6 is 0 Å².